The van der Waals surface area contributed by atoms with Crippen LogP contribution < -0.4 is 45.7 Å². The minimum atomic E-state index is -1.59. The fourth-order valence-electron chi connectivity index (χ4n) is 3.56. The summed E-state index contributed by atoms with van der Waals surface area (Å²) in [5.74, 6) is -2.85. The minimum Gasteiger partial charge on any atom is -0.543 e. The summed E-state index contributed by atoms with van der Waals surface area (Å²) in [6.45, 7) is -0.126. The summed E-state index contributed by atoms with van der Waals surface area (Å²) in [6, 6.07) is 0.385. The van der Waals surface area contributed by atoms with Crippen LogP contribution in [0.15, 0.2) is 33.1 Å². The molecule has 2 aromatic rings. The van der Waals surface area contributed by atoms with E-state index in [1.54, 1.807) is 0 Å². The Bertz CT molecular complexity index is 1440. The number of oxime groups is 1. The van der Waals surface area contributed by atoms with Gasteiger partial charge in [-0.05, 0) is 11.6 Å². The number of aromatic nitrogens is 2. The number of carbonyl (C=O) groups is 4. The van der Waals surface area contributed by atoms with E-state index in [4.69, 9.17) is 26.6 Å². The van der Waals surface area contributed by atoms with Gasteiger partial charge in [-0.25, -0.2) is 9.78 Å². The molecule has 3 amide bonds. The van der Waals surface area contributed by atoms with Crippen molar-refractivity contribution in [2.45, 2.75) is 18.0 Å². The van der Waals surface area contributed by atoms with Crippen molar-refractivity contribution in [2.75, 3.05) is 25.6 Å². The predicted molar refractivity (Wildman–Crippen MR) is 136 cm³/mol. The first-order valence-corrected chi connectivity index (χ1v) is 13.1. The smallest absolute Gasteiger partial charge is 0.543 e. The first kappa shape index (κ1) is 31.4. The van der Waals surface area contributed by atoms with Crippen molar-refractivity contribution in [3.05, 3.63) is 44.9 Å². The van der Waals surface area contributed by atoms with Crippen molar-refractivity contribution >= 4 is 75.5 Å². The van der Waals surface area contributed by atoms with Gasteiger partial charge < -0.3 is 40.3 Å². The van der Waals surface area contributed by atoms with Crippen LogP contribution in [0.4, 0.5) is 9.93 Å². The standard InChI is InChI=1S/C21H20ClN7O8S2.Na/c1-28(2)21(34)36-6-9-5-10(37-27-9)4-3-8-7-38-18-13(17(31)29(18)14(8)19(32)33)24-16(30)12(26-35)11-15(22)39-20(23)25-11;/h3-5,13,18,35H,6-7H2,1-2H3,(H2,23,25)(H,24,30)(H,32,33);/q;+1/p-1/b4-3-,26-12-;/t13-,18-;/m1./s1. The van der Waals surface area contributed by atoms with Gasteiger partial charge in [-0.15, -0.1) is 11.8 Å². The number of ether oxygens (including phenoxy) is 1. The second kappa shape index (κ2) is 13.0. The molecule has 40 heavy (non-hydrogen) atoms. The van der Waals surface area contributed by atoms with E-state index < -0.39 is 41.0 Å². The number of nitrogens with zero attached hydrogens (tertiary/aromatic N) is 5. The molecule has 2 aliphatic heterocycles. The molecule has 0 saturated carbocycles. The summed E-state index contributed by atoms with van der Waals surface area (Å²) < 4.78 is 10.2. The quantitative estimate of drug-likeness (QED) is 0.0878. The molecule has 19 heteroatoms. The molecule has 0 aliphatic carbocycles. The summed E-state index contributed by atoms with van der Waals surface area (Å²) >= 11 is 8.04. The summed E-state index contributed by atoms with van der Waals surface area (Å²) in [5, 5.41) is 29.7. The van der Waals surface area contributed by atoms with Crippen molar-refractivity contribution in [3.8, 4) is 0 Å². The van der Waals surface area contributed by atoms with Gasteiger partial charge in [0.15, 0.2) is 16.6 Å². The Labute approximate surface area is 261 Å². The SMILES string of the molecule is CN(C)C(=O)OCc1cc(/C=C\C2=C(C(=O)[O-])N3C(=O)[C@@H](NC(=O)/C(=N\O)c4nc(N)sc4Cl)[C@H]3SC2)on1.[Na+]. The molecule has 2 aliphatic rings. The third kappa shape index (κ3) is 6.45. The average molecular weight is 620 g/mol. The van der Waals surface area contributed by atoms with E-state index in [0.717, 1.165) is 16.2 Å². The zero-order valence-electron chi connectivity index (χ0n) is 21.1. The number of fused-ring (bicyclic) bond motifs is 1. The van der Waals surface area contributed by atoms with Crippen LogP contribution in [0.3, 0.4) is 0 Å². The van der Waals surface area contributed by atoms with E-state index in [2.05, 4.69) is 20.6 Å². The van der Waals surface area contributed by atoms with E-state index in [0.29, 0.717) is 5.69 Å². The van der Waals surface area contributed by atoms with Crippen LogP contribution in [0.1, 0.15) is 17.1 Å². The Morgan fingerprint density at radius 3 is 2.75 bits per heavy atom. The number of nitrogens with one attached hydrogen (secondary N) is 1. The maximum absolute atomic E-state index is 12.9. The summed E-state index contributed by atoms with van der Waals surface area (Å²) in [4.78, 5) is 55.2. The van der Waals surface area contributed by atoms with Crippen LogP contribution >= 0.6 is 34.7 Å². The monoisotopic (exact) mass is 619 g/mol. The van der Waals surface area contributed by atoms with E-state index in [-0.39, 0.29) is 74.1 Å². The van der Waals surface area contributed by atoms with Gasteiger partial charge in [0, 0.05) is 25.9 Å². The Kier molecular flexibility index (Phi) is 10.3. The third-order valence-corrected chi connectivity index (χ3v) is 7.74. The number of aliphatic carboxylic acids is 1. The van der Waals surface area contributed by atoms with Crippen LogP contribution in [0.25, 0.3) is 6.08 Å². The number of nitrogen functional groups attached to an aromatic ring is 1. The van der Waals surface area contributed by atoms with Crippen molar-refractivity contribution in [1.29, 1.82) is 0 Å². The third-order valence-electron chi connectivity index (χ3n) is 5.35. The Hall–Kier alpha value is -3.09. The number of β-lactam (4-membered cyclic amide) rings is 1. The molecule has 0 spiro atoms. The first-order valence-electron chi connectivity index (χ1n) is 10.8. The van der Waals surface area contributed by atoms with E-state index in [1.807, 2.05) is 0 Å². The molecule has 4 N–H and O–H groups in total. The van der Waals surface area contributed by atoms with Crippen molar-refractivity contribution < 1.29 is 68.3 Å². The van der Waals surface area contributed by atoms with Crippen LogP contribution in [-0.2, 0) is 25.7 Å². The van der Waals surface area contributed by atoms with E-state index in [9.17, 15) is 29.5 Å². The number of hydrogen-bond acceptors (Lipinski definition) is 14. The number of thiazole rings is 1. The average Bonchev–Trinajstić information content (AvgIpc) is 3.49. The zero-order valence-corrected chi connectivity index (χ0v) is 25.5. The number of carboxylic acids is 1. The molecule has 0 bridgehead atoms. The number of amides is 3. The number of halogens is 1. The molecule has 1 fully saturated rings. The summed E-state index contributed by atoms with van der Waals surface area (Å²) in [5.41, 5.74) is 5.08. The number of anilines is 1. The number of thioether (sulfide) groups is 1. The molecule has 0 unspecified atom stereocenters. The van der Waals surface area contributed by atoms with Crippen LogP contribution in [0.2, 0.25) is 4.34 Å². The maximum Gasteiger partial charge on any atom is 1.00 e. The van der Waals surface area contributed by atoms with E-state index >= 15 is 0 Å². The molecular formula is C21H19ClN7NaO8S2. The minimum absolute atomic E-state index is 0. The Balaban J connectivity index is 0.00000441. The number of allylic oxidation sites excluding steroid dienone is 1. The number of nitrogens with two attached hydrogens (primary N) is 1. The topological polar surface area (TPSA) is 217 Å². The second-order valence-electron chi connectivity index (χ2n) is 8.15. The van der Waals surface area contributed by atoms with Crippen LogP contribution in [0.5, 0.6) is 0 Å². The van der Waals surface area contributed by atoms with Crippen molar-refractivity contribution in [1.82, 2.24) is 25.3 Å². The largest absolute Gasteiger partial charge is 1.00 e. The Morgan fingerprint density at radius 2 is 2.15 bits per heavy atom. The maximum atomic E-state index is 12.9. The van der Waals surface area contributed by atoms with Gasteiger partial charge in [0.1, 0.15) is 33.7 Å². The zero-order chi connectivity index (χ0) is 28.4. The van der Waals surface area contributed by atoms with Gasteiger partial charge in [0.05, 0.1) is 11.7 Å². The molecule has 0 aromatic carbocycles. The predicted octanol–water partition coefficient (Wildman–Crippen LogP) is -3.14. The van der Waals surface area contributed by atoms with Crippen molar-refractivity contribution in [2.24, 2.45) is 5.16 Å². The summed E-state index contributed by atoms with van der Waals surface area (Å²) in [6.07, 6.45) is 2.33. The molecule has 206 valence electrons. The van der Waals surface area contributed by atoms with Gasteiger partial charge in [0.2, 0.25) is 0 Å². The fraction of sp³-hybridized carbons (Fsp3) is 0.286. The molecular weight excluding hydrogens is 601 g/mol. The first-order chi connectivity index (χ1) is 18.5. The molecule has 4 rings (SSSR count). The van der Waals surface area contributed by atoms with Gasteiger partial charge >= 0.3 is 35.7 Å². The molecule has 2 aromatic heterocycles. The number of rotatable bonds is 8. The Morgan fingerprint density at radius 1 is 1.43 bits per heavy atom. The number of hydrogen-bond donors (Lipinski definition) is 3. The molecule has 15 nitrogen and oxygen atoms in total. The van der Waals surface area contributed by atoms with Gasteiger partial charge in [-0.1, -0.05) is 39.3 Å². The molecule has 0 radical (unpaired) electrons. The number of carboxylic acid groups (broad SMARTS) is 1. The van der Waals surface area contributed by atoms with Gasteiger partial charge in [0.25, 0.3) is 11.8 Å². The molecule has 1 saturated heterocycles. The molecule has 4 heterocycles. The van der Waals surface area contributed by atoms with Gasteiger partial charge in [-0.3, -0.25) is 14.5 Å². The number of carbonyl (C=O) groups excluding carboxylic acids is 4. The van der Waals surface area contributed by atoms with Gasteiger partial charge in [-0.2, -0.15) is 0 Å². The van der Waals surface area contributed by atoms with Crippen LogP contribution in [0, 0.1) is 0 Å². The van der Waals surface area contributed by atoms with Crippen LogP contribution in [-0.4, -0.2) is 86.0 Å². The normalized spacial score (nSPS) is 18.6. The van der Waals surface area contributed by atoms with E-state index in [1.165, 1.54) is 49.0 Å². The summed E-state index contributed by atoms with van der Waals surface area (Å²) in [7, 11) is 3.06. The molecule has 2 atom stereocenters. The second-order valence-corrected chi connectivity index (χ2v) is 10.9. The fourth-order valence-corrected chi connectivity index (χ4v) is 5.80. The van der Waals surface area contributed by atoms with Crippen molar-refractivity contribution in [3.63, 3.8) is 0 Å².